The van der Waals surface area contributed by atoms with Crippen LogP contribution in [0.2, 0.25) is 0 Å². The zero-order chi connectivity index (χ0) is 11.5. The Balaban J connectivity index is 2.00. The van der Waals surface area contributed by atoms with Crippen LogP contribution in [0.4, 0.5) is 0 Å². The number of rotatable bonds is 4. The molecular weight excluding hydrogens is 214 g/mol. The maximum absolute atomic E-state index is 6.38. The van der Waals surface area contributed by atoms with Crippen molar-refractivity contribution in [1.82, 2.24) is 0 Å². The van der Waals surface area contributed by atoms with Crippen LogP contribution in [0.1, 0.15) is 55.9 Å². The van der Waals surface area contributed by atoms with Crippen LogP contribution in [-0.4, -0.2) is 6.04 Å². The molecule has 1 nitrogen and oxygen atoms in total. The van der Waals surface area contributed by atoms with Gasteiger partial charge in [-0.2, -0.15) is 0 Å². The van der Waals surface area contributed by atoms with Gasteiger partial charge in [0.25, 0.3) is 0 Å². The SMILES string of the molecule is CC(C)CCC(N)C1CCCc2sccc21. The highest BCUT2D eigenvalue weighted by atomic mass is 32.1. The van der Waals surface area contributed by atoms with E-state index in [1.807, 2.05) is 11.3 Å². The molecule has 2 atom stereocenters. The van der Waals surface area contributed by atoms with Gasteiger partial charge in [-0.25, -0.2) is 0 Å². The van der Waals surface area contributed by atoms with Crippen molar-refractivity contribution in [3.63, 3.8) is 0 Å². The standard InChI is InChI=1S/C14H23NS/c1-10(2)6-7-13(15)11-4-3-5-14-12(11)8-9-16-14/h8-11,13H,3-7,15H2,1-2H3. The molecule has 2 heteroatoms. The number of hydrogen-bond donors (Lipinski definition) is 1. The fourth-order valence-corrected chi connectivity index (χ4v) is 3.69. The summed E-state index contributed by atoms with van der Waals surface area (Å²) in [6.45, 7) is 4.56. The van der Waals surface area contributed by atoms with Gasteiger partial charge in [-0.3, -0.25) is 0 Å². The predicted octanol–water partition coefficient (Wildman–Crippen LogP) is 3.93. The first kappa shape index (κ1) is 12.1. The maximum Gasteiger partial charge on any atom is 0.0108 e. The monoisotopic (exact) mass is 237 g/mol. The third-order valence-electron chi connectivity index (χ3n) is 3.69. The molecule has 1 aromatic rings. The largest absolute Gasteiger partial charge is 0.327 e. The van der Waals surface area contributed by atoms with Gasteiger partial charge in [0.15, 0.2) is 0 Å². The Hall–Kier alpha value is -0.340. The zero-order valence-corrected chi connectivity index (χ0v) is 11.2. The minimum Gasteiger partial charge on any atom is -0.327 e. The second-order valence-corrected chi connectivity index (χ2v) is 6.43. The lowest BCUT2D eigenvalue weighted by Gasteiger charge is -2.28. The molecular formula is C14H23NS. The van der Waals surface area contributed by atoms with Gasteiger partial charge < -0.3 is 5.73 Å². The Morgan fingerprint density at radius 3 is 3.00 bits per heavy atom. The van der Waals surface area contributed by atoms with Gasteiger partial charge >= 0.3 is 0 Å². The average Bonchev–Trinajstić information content (AvgIpc) is 2.73. The fraction of sp³-hybridized carbons (Fsp3) is 0.714. The first-order chi connectivity index (χ1) is 7.68. The van der Waals surface area contributed by atoms with Crippen molar-refractivity contribution in [2.75, 3.05) is 0 Å². The van der Waals surface area contributed by atoms with Gasteiger partial charge in [-0.15, -0.1) is 11.3 Å². The molecule has 2 rings (SSSR count). The van der Waals surface area contributed by atoms with E-state index in [4.69, 9.17) is 5.73 Å². The summed E-state index contributed by atoms with van der Waals surface area (Å²) in [6.07, 6.45) is 6.34. The van der Waals surface area contributed by atoms with E-state index in [2.05, 4.69) is 25.3 Å². The molecule has 0 aromatic carbocycles. The minimum absolute atomic E-state index is 0.371. The highest BCUT2D eigenvalue weighted by Crippen LogP contribution is 2.37. The molecule has 0 fully saturated rings. The number of fused-ring (bicyclic) bond motifs is 1. The van der Waals surface area contributed by atoms with Crippen LogP contribution in [0.3, 0.4) is 0 Å². The third kappa shape index (κ3) is 2.67. The number of nitrogens with two attached hydrogens (primary N) is 1. The number of thiophene rings is 1. The zero-order valence-electron chi connectivity index (χ0n) is 10.4. The van der Waals surface area contributed by atoms with Crippen molar-refractivity contribution >= 4 is 11.3 Å². The van der Waals surface area contributed by atoms with E-state index in [1.165, 1.54) is 32.1 Å². The summed E-state index contributed by atoms with van der Waals surface area (Å²) in [5, 5.41) is 2.23. The van der Waals surface area contributed by atoms with E-state index in [9.17, 15) is 0 Å². The lowest BCUT2D eigenvalue weighted by molar-refractivity contribution is 0.410. The summed E-state index contributed by atoms with van der Waals surface area (Å²) >= 11 is 1.92. The van der Waals surface area contributed by atoms with Gasteiger partial charge in [-0.05, 0) is 55.0 Å². The average molecular weight is 237 g/mol. The molecule has 1 aliphatic carbocycles. The molecule has 0 bridgehead atoms. The molecule has 0 aliphatic heterocycles. The second kappa shape index (κ2) is 5.33. The van der Waals surface area contributed by atoms with E-state index >= 15 is 0 Å². The molecule has 0 saturated carbocycles. The molecule has 0 saturated heterocycles. The molecule has 0 radical (unpaired) electrons. The van der Waals surface area contributed by atoms with E-state index < -0.39 is 0 Å². The molecule has 1 aliphatic rings. The quantitative estimate of drug-likeness (QED) is 0.843. The molecule has 1 heterocycles. The summed E-state index contributed by atoms with van der Waals surface area (Å²) in [5.41, 5.74) is 7.94. The Morgan fingerprint density at radius 2 is 2.25 bits per heavy atom. The molecule has 1 aromatic heterocycles. The Kier molecular flexibility index (Phi) is 4.04. The Morgan fingerprint density at radius 1 is 1.44 bits per heavy atom. The molecule has 0 amide bonds. The first-order valence-electron chi connectivity index (χ1n) is 6.50. The minimum atomic E-state index is 0.371. The first-order valence-corrected chi connectivity index (χ1v) is 7.38. The van der Waals surface area contributed by atoms with E-state index in [1.54, 1.807) is 10.4 Å². The number of aryl methyl sites for hydroxylation is 1. The maximum atomic E-state index is 6.38. The van der Waals surface area contributed by atoms with Crippen LogP contribution < -0.4 is 5.73 Å². The highest BCUT2D eigenvalue weighted by molar-refractivity contribution is 7.10. The van der Waals surface area contributed by atoms with Crippen molar-refractivity contribution in [3.05, 3.63) is 21.9 Å². The Bertz CT molecular complexity index is 329. The molecule has 2 unspecified atom stereocenters. The van der Waals surface area contributed by atoms with Crippen LogP contribution in [0.5, 0.6) is 0 Å². The van der Waals surface area contributed by atoms with E-state index in [-0.39, 0.29) is 0 Å². The van der Waals surface area contributed by atoms with Crippen molar-refractivity contribution in [1.29, 1.82) is 0 Å². The third-order valence-corrected chi connectivity index (χ3v) is 4.69. The van der Waals surface area contributed by atoms with E-state index in [0.29, 0.717) is 12.0 Å². The molecule has 90 valence electrons. The summed E-state index contributed by atoms with van der Waals surface area (Å²) in [6, 6.07) is 2.68. The lowest BCUT2D eigenvalue weighted by Crippen LogP contribution is -2.30. The van der Waals surface area contributed by atoms with Crippen LogP contribution in [0.25, 0.3) is 0 Å². The van der Waals surface area contributed by atoms with Gasteiger partial charge in [0.1, 0.15) is 0 Å². The second-order valence-electron chi connectivity index (χ2n) is 5.43. The van der Waals surface area contributed by atoms with E-state index in [0.717, 1.165) is 5.92 Å². The highest BCUT2D eigenvalue weighted by Gasteiger charge is 2.26. The van der Waals surface area contributed by atoms with Crippen LogP contribution in [0.15, 0.2) is 11.4 Å². The topological polar surface area (TPSA) is 26.0 Å². The van der Waals surface area contributed by atoms with Gasteiger partial charge in [0.05, 0.1) is 0 Å². The van der Waals surface area contributed by atoms with Crippen LogP contribution in [-0.2, 0) is 6.42 Å². The predicted molar refractivity (Wildman–Crippen MR) is 72.0 cm³/mol. The smallest absolute Gasteiger partial charge is 0.0108 e. The summed E-state index contributed by atoms with van der Waals surface area (Å²) in [5.74, 6) is 1.41. The van der Waals surface area contributed by atoms with Crippen molar-refractivity contribution in [2.24, 2.45) is 11.7 Å². The van der Waals surface area contributed by atoms with Crippen LogP contribution in [0, 0.1) is 5.92 Å². The normalized spacial score (nSPS) is 22.1. The summed E-state index contributed by atoms with van der Waals surface area (Å²) < 4.78 is 0. The van der Waals surface area contributed by atoms with Crippen molar-refractivity contribution in [3.8, 4) is 0 Å². The van der Waals surface area contributed by atoms with Crippen molar-refractivity contribution < 1.29 is 0 Å². The Labute approximate surface area is 103 Å². The lowest BCUT2D eigenvalue weighted by atomic mass is 9.81. The van der Waals surface area contributed by atoms with Crippen LogP contribution >= 0.6 is 11.3 Å². The molecule has 2 N–H and O–H groups in total. The summed E-state index contributed by atoms with van der Waals surface area (Å²) in [4.78, 5) is 1.59. The molecule has 0 spiro atoms. The van der Waals surface area contributed by atoms with Gasteiger partial charge in [0.2, 0.25) is 0 Å². The summed E-state index contributed by atoms with van der Waals surface area (Å²) in [7, 11) is 0. The van der Waals surface area contributed by atoms with Gasteiger partial charge in [-0.1, -0.05) is 13.8 Å². The molecule has 16 heavy (non-hydrogen) atoms. The van der Waals surface area contributed by atoms with Crippen molar-refractivity contribution in [2.45, 2.75) is 57.9 Å². The van der Waals surface area contributed by atoms with Gasteiger partial charge in [0, 0.05) is 16.8 Å². The fourth-order valence-electron chi connectivity index (χ4n) is 2.69. The number of hydrogen-bond acceptors (Lipinski definition) is 2.